The van der Waals surface area contributed by atoms with Crippen molar-refractivity contribution in [3.8, 4) is 0 Å². The zero-order valence-corrected chi connectivity index (χ0v) is 11.9. The average Bonchev–Trinajstić information content (AvgIpc) is 2.74. The largest absolute Gasteiger partial charge is 0.459 e. The minimum atomic E-state index is 0.838. The van der Waals surface area contributed by atoms with Crippen LogP contribution in [0.15, 0.2) is 16.5 Å². The highest BCUT2D eigenvalue weighted by Gasteiger charge is 2.15. The first-order valence-corrected chi connectivity index (χ1v) is 6.90. The van der Waals surface area contributed by atoms with Gasteiger partial charge in [-0.15, -0.1) is 0 Å². The molecule has 0 aliphatic rings. The SMILES string of the molecule is CCCNCc1oc2c(C)ccc(C)c2c1CC. The van der Waals surface area contributed by atoms with E-state index in [9.17, 15) is 0 Å². The molecule has 1 aromatic heterocycles. The van der Waals surface area contributed by atoms with E-state index in [2.05, 4.69) is 45.1 Å². The molecule has 0 aliphatic heterocycles. The van der Waals surface area contributed by atoms with E-state index in [1.807, 2.05) is 0 Å². The lowest BCUT2D eigenvalue weighted by molar-refractivity contribution is 0.507. The number of nitrogens with one attached hydrogen (secondary N) is 1. The van der Waals surface area contributed by atoms with Crippen molar-refractivity contribution in [2.75, 3.05) is 6.54 Å². The summed E-state index contributed by atoms with van der Waals surface area (Å²) < 4.78 is 6.09. The van der Waals surface area contributed by atoms with Gasteiger partial charge in [0.15, 0.2) is 0 Å². The molecule has 1 aromatic carbocycles. The van der Waals surface area contributed by atoms with Crippen LogP contribution in [0.1, 0.15) is 42.7 Å². The van der Waals surface area contributed by atoms with Gasteiger partial charge in [0.05, 0.1) is 6.54 Å². The Balaban J connectivity index is 2.47. The topological polar surface area (TPSA) is 25.2 Å². The second-order valence-corrected chi connectivity index (χ2v) is 4.94. The van der Waals surface area contributed by atoms with Gasteiger partial charge >= 0.3 is 0 Å². The number of benzene rings is 1. The highest BCUT2D eigenvalue weighted by molar-refractivity contribution is 5.88. The molecular formula is C16H23NO. The molecule has 0 spiro atoms. The molecule has 2 aromatic rings. The van der Waals surface area contributed by atoms with Gasteiger partial charge in [-0.3, -0.25) is 0 Å². The van der Waals surface area contributed by atoms with Crippen LogP contribution in [-0.4, -0.2) is 6.54 Å². The Labute approximate surface area is 109 Å². The molecule has 0 unspecified atom stereocenters. The maximum atomic E-state index is 6.09. The summed E-state index contributed by atoms with van der Waals surface area (Å²) in [5, 5.41) is 4.76. The molecule has 0 radical (unpaired) electrons. The fourth-order valence-corrected chi connectivity index (χ4v) is 2.51. The molecule has 0 atom stereocenters. The number of furan rings is 1. The molecule has 2 heteroatoms. The first kappa shape index (κ1) is 13.2. The number of fused-ring (bicyclic) bond motifs is 1. The molecule has 98 valence electrons. The van der Waals surface area contributed by atoms with Crippen LogP contribution in [0, 0.1) is 13.8 Å². The number of hydrogen-bond donors (Lipinski definition) is 1. The summed E-state index contributed by atoms with van der Waals surface area (Å²) in [5.74, 6) is 1.11. The van der Waals surface area contributed by atoms with Gasteiger partial charge in [-0.1, -0.05) is 26.0 Å². The number of rotatable bonds is 5. The lowest BCUT2D eigenvalue weighted by Gasteiger charge is -2.02. The smallest absolute Gasteiger partial charge is 0.137 e. The van der Waals surface area contributed by atoms with E-state index in [0.717, 1.165) is 37.3 Å². The number of aryl methyl sites for hydroxylation is 3. The van der Waals surface area contributed by atoms with Crippen LogP contribution in [0.5, 0.6) is 0 Å². The zero-order valence-electron chi connectivity index (χ0n) is 11.9. The van der Waals surface area contributed by atoms with Gasteiger partial charge in [-0.2, -0.15) is 0 Å². The summed E-state index contributed by atoms with van der Waals surface area (Å²) in [7, 11) is 0. The molecule has 0 saturated carbocycles. The van der Waals surface area contributed by atoms with Crippen molar-refractivity contribution in [1.82, 2.24) is 5.32 Å². The monoisotopic (exact) mass is 245 g/mol. The normalized spacial score (nSPS) is 11.3. The van der Waals surface area contributed by atoms with Gasteiger partial charge in [0.1, 0.15) is 11.3 Å². The fourth-order valence-electron chi connectivity index (χ4n) is 2.51. The predicted molar refractivity (Wildman–Crippen MR) is 77.1 cm³/mol. The summed E-state index contributed by atoms with van der Waals surface area (Å²) in [5.41, 5.74) is 4.99. The van der Waals surface area contributed by atoms with Crippen LogP contribution in [-0.2, 0) is 13.0 Å². The van der Waals surface area contributed by atoms with Crippen LogP contribution in [0.2, 0.25) is 0 Å². The maximum absolute atomic E-state index is 6.09. The second-order valence-electron chi connectivity index (χ2n) is 4.94. The predicted octanol–water partition coefficient (Wildman–Crippen LogP) is 4.11. The van der Waals surface area contributed by atoms with Gasteiger partial charge in [-0.25, -0.2) is 0 Å². The highest BCUT2D eigenvalue weighted by Crippen LogP contribution is 2.31. The standard InChI is InChI=1S/C16H23NO/c1-5-9-17-10-14-13(6-2)15-11(3)7-8-12(4)16(15)18-14/h7-8,17H,5-6,9-10H2,1-4H3. The lowest BCUT2D eigenvalue weighted by atomic mass is 10.0. The van der Waals surface area contributed by atoms with E-state index in [-0.39, 0.29) is 0 Å². The molecule has 18 heavy (non-hydrogen) atoms. The Morgan fingerprint density at radius 2 is 1.83 bits per heavy atom. The first-order chi connectivity index (χ1) is 8.69. The zero-order chi connectivity index (χ0) is 13.1. The van der Waals surface area contributed by atoms with Gasteiger partial charge in [0.25, 0.3) is 0 Å². The van der Waals surface area contributed by atoms with E-state index in [1.54, 1.807) is 0 Å². The molecule has 0 aliphatic carbocycles. The van der Waals surface area contributed by atoms with Crippen molar-refractivity contribution >= 4 is 11.0 Å². The minimum absolute atomic E-state index is 0.838. The Morgan fingerprint density at radius 1 is 1.11 bits per heavy atom. The summed E-state index contributed by atoms with van der Waals surface area (Å²) >= 11 is 0. The quantitative estimate of drug-likeness (QED) is 0.802. The minimum Gasteiger partial charge on any atom is -0.459 e. The molecule has 0 bridgehead atoms. The van der Waals surface area contributed by atoms with Crippen LogP contribution in [0.3, 0.4) is 0 Å². The highest BCUT2D eigenvalue weighted by atomic mass is 16.3. The molecular weight excluding hydrogens is 222 g/mol. The van der Waals surface area contributed by atoms with Crippen LogP contribution in [0.4, 0.5) is 0 Å². The van der Waals surface area contributed by atoms with Crippen molar-refractivity contribution in [3.05, 3.63) is 34.6 Å². The molecule has 0 amide bonds. The van der Waals surface area contributed by atoms with Crippen LogP contribution < -0.4 is 5.32 Å². The fraction of sp³-hybridized carbons (Fsp3) is 0.500. The molecule has 2 nitrogen and oxygen atoms in total. The molecule has 0 saturated heterocycles. The Hall–Kier alpha value is -1.28. The van der Waals surface area contributed by atoms with Crippen LogP contribution in [0.25, 0.3) is 11.0 Å². The van der Waals surface area contributed by atoms with E-state index in [4.69, 9.17) is 4.42 Å². The van der Waals surface area contributed by atoms with Gasteiger partial charge in [-0.05, 0) is 44.4 Å². The van der Waals surface area contributed by atoms with E-state index < -0.39 is 0 Å². The molecule has 2 rings (SSSR count). The summed E-state index contributed by atoms with van der Waals surface area (Å²) in [6.07, 6.45) is 2.18. The van der Waals surface area contributed by atoms with E-state index in [1.165, 1.54) is 22.1 Å². The van der Waals surface area contributed by atoms with Crippen molar-refractivity contribution in [3.63, 3.8) is 0 Å². The third-order valence-corrected chi connectivity index (χ3v) is 3.49. The Kier molecular flexibility index (Phi) is 4.07. The van der Waals surface area contributed by atoms with Crippen molar-refractivity contribution in [1.29, 1.82) is 0 Å². The van der Waals surface area contributed by atoms with Gasteiger partial charge < -0.3 is 9.73 Å². The maximum Gasteiger partial charge on any atom is 0.137 e. The third kappa shape index (κ3) is 2.30. The molecule has 0 fully saturated rings. The van der Waals surface area contributed by atoms with Crippen molar-refractivity contribution in [2.45, 2.75) is 47.1 Å². The summed E-state index contributed by atoms with van der Waals surface area (Å²) in [6.45, 7) is 10.5. The third-order valence-electron chi connectivity index (χ3n) is 3.49. The Morgan fingerprint density at radius 3 is 2.50 bits per heavy atom. The summed E-state index contributed by atoms with van der Waals surface area (Å²) in [4.78, 5) is 0. The first-order valence-electron chi connectivity index (χ1n) is 6.90. The molecule has 1 heterocycles. The average molecular weight is 245 g/mol. The van der Waals surface area contributed by atoms with E-state index in [0.29, 0.717) is 0 Å². The van der Waals surface area contributed by atoms with Crippen LogP contribution >= 0.6 is 0 Å². The molecule has 1 N–H and O–H groups in total. The van der Waals surface area contributed by atoms with Gasteiger partial charge in [0.2, 0.25) is 0 Å². The van der Waals surface area contributed by atoms with Crippen molar-refractivity contribution < 1.29 is 4.42 Å². The van der Waals surface area contributed by atoms with Crippen molar-refractivity contribution in [2.24, 2.45) is 0 Å². The van der Waals surface area contributed by atoms with Gasteiger partial charge in [0, 0.05) is 10.9 Å². The lowest BCUT2D eigenvalue weighted by Crippen LogP contribution is -2.14. The second kappa shape index (κ2) is 5.57. The summed E-state index contributed by atoms with van der Waals surface area (Å²) in [6, 6.07) is 4.33. The Bertz CT molecular complexity index is 540. The number of hydrogen-bond acceptors (Lipinski definition) is 2. The van der Waals surface area contributed by atoms with E-state index >= 15 is 0 Å².